The van der Waals surface area contributed by atoms with Crippen molar-refractivity contribution < 1.29 is 9.90 Å². The molecule has 0 amide bonds. The standard InChI is InChI=1S/C9H17NO2S/c1-6-4-8(5-13-6)10(3)7(2)9(11)12/h6-8H,4-5H2,1-3H3,(H,11,12). The molecule has 0 spiro atoms. The van der Waals surface area contributed by atoms with E-state index in [0.29, 0.717) is 11.3 Å². The van der Waals surface area contributed by atoms with Gasteiger partial charge in [0.1, 0.15) is 6.04 Å². The highest BCUT2D eigenvalue weighted by Gasteiger charge is 2.30. The van der Waals surface area contributed by atoms with Crippen LogP contribution < -0.4 is 0 Å². The number of carbonyl (C=O) groups is 1. The van der Waals surface area contributed by atoms with Gasteiger partial charge in [0.25, 0.3) is 0 Å². The first-order chi connectivity index (χ1) is 6.02. The van der Waals surface area contributed by atoms with E-state index in [9.17, 15) is 4.79 Å². The van der Waals surface area contributed by atoms with E-state index in [-0.39, 0.29) is 6.04 Å². The fraction of sp³-hybridized carbons (Fsp3) is 0.889. The highest BCUT2D eigenvalue weighted by Crippen LogP contribution is 2.29. The van der Waals surface area contributed by atoms with Crippen LogP contribution in [-0.2, 0) is 4.79 Å². The summed E-state index contributed by atoms with van der Waals surface area (Å²) in [7, 11) is 1.90. The normalized spacial score (nSPS) is 30.8. The van der Waals surface area contributed by atoms with Gasteiger partial charge in [-0.25, -0.2) is 0 Å². The zero-order valence-corrected chi connectivity index (χ0v) is 9.17. The monoisotopic (exact) mass is 203 g/mol. The molecule has 4 heteroatoms. The number of hydrogen-bond acceptors (Lipinski definition) is 3. The van der Waals surface area contributed by atoms with E-state index in [0.717, 1.165) is 12.2 Å². The topological polar surface area (TPSA) is 40.5 Å². The summed E-state index contributed by atoms with van der Waals surface area (Å²) >= 11 is 1.93. The minimum Gasteiger partial charge on any atom is -0.480 e. The molecule has 3 atom stereocenters. The summed E-state index contributed by atoms with van der Waals surface area (Å²) in [5.41, 5.74) is 0. The number of aliphatic carboxylic acids is 1. The lowest BCUT2D eigenvalue weighted by molar-refractivity contribution is -0.142. The summed E-state index contributed by atoms with van der Waals surface area (Å²) < 4.78 is 0. The van der Waals surface area contributed by atoms with Crippen LogP contribution in [0.4, 0.5) is 0 Å². The fourth-order valence-electron chi connectivity index (χ4n) is 1.57. The molecule has 3 unspecified atom stereocenters. The molecule has 0 bridgehead atoms. The summed E-state index contributed by atoms with van der Waals surface area (Å²) in [6, 6.07) is 0.0713. The number of hydrogen-bond donors (Lipinski definition) is 1. The molecule has 0 radical (unpaired) electrons. The van der Waals surface area contributed by atoms with Crippen molar-refractivity contribution in [2.75, 3.05) is 12.8 Å². The lowest BCUT2D eigenvalue weighted by Crippen LogP contribution is -2.43. The second-order valence-electron chi connectivity index (χ2n) is 3.71. The molecule has 1 heterocycles. The van der Waals surface area contributed by atoms with Gasteiger partial charge in [-0.3, -0.25) is 9.69 Å². The number of likely N-dealkylation sites (N-methyl/N-ethyl adjacent to an activating group) is 1. The van der Waals surface area contributed by atoms with Crippen LogP contribution in [0.1, 0.15) is 20.3 Å². The van der Waals surface area contributed by atoms with Gasteiger partial charge in [-0.1, -0.05) is 6.92 Å². The Kier molecular flexibility index (Phi) is 3.62. The predicted octanol–water partition coefficient (Wildman–Crippen LogP) is 1.29. The Morgan fingerprint density at radius 2 is 2.31 bits per heavy atom. The molecule has 0 saturated carbocycles. The van der Waals surface area contributed by atoms with Gasteiger partial charge in [0.15, 0.2) is 0 Å². The van der Waals surface area contributed by atoms with Crippen molar-refractivity contribution in [3.63, 3.8) is 0 Å². The van der Waals surface area contributed by atoms with Crippen molar-refractivity contribution in [2.24, 2.45) is 0 Å². The molecule has 1 aliphatic rings. The lowest BCUT2D eigenvalue weighted by Gasteiger charge is -2.27. The molecule has 0 aromatic carbocycles. The maximum absolute atomic E-state index is 10.7. The summed E-state index contributed by atoms with van der Waals surface area (Å²) in [6.07, 6.45) is 1.11. The van der Waals surface area contributed by atoms with Crippen LogP contribution in [0.15, 0.2) is 0 Å². The molecule has 0 aromatic heterocycles. The molecule has 0 aromatic rings. The molecule has 76 valence electrons. The molecule has 1 N–H and O–H groups in total. The van der Waals surface area contributed by atoms with Crippen molar-refractivity contribution in [2.45, 2.75) is 37.6 Å². The number of carboxylic acid groups (broad SMARTS) is 1. The van der Waals surface area contributed by atoms with Crippen molar-refractivity contribution in [3.05, 3.63) is 0 Å². The van der Waals surface area contributed by atoms with E-state index in [1.807, 2.05) is 23.7 Å². The third-order valence-corrected chi connectivity index (χ3v) is 4.06. The third kappa shape index (κ3) is 2.61. The van der Waals surface area contributed by atoms with Gasteiger partial charge in [0.05, 0.1) is 0 Å². The van der Waals surface area contributed by atoms with Gasteiger partial charge < -0.3 is 5.11 Å². The summed E-state index contributed by atoms with van der Waals surface area (Å²) in [5, 5.41) is 9.50. The molecule has 1 aliphatic heterocycles. The van der Waals surface area contributed by atoms with Crippen LogP contribution in [0.5, 0.6) is 0 Å². The quantitative estimate of drug-likeness (QED) is 0.750. The first kappa shape index (κ1) is 10.9. The SMILES string of the molecule is CC1CC(N(C)C(C)C(=O)O)CS1. The van der Waals surface area contributed by atoms with Gasteiger partial charge in [-0.2, -0.15) is 11.8 Å². The van der Waals surface area contributed by atoms with Gasteiger partial charge in [-0.15, -0.1) is 0 Å². The molecule has 3 nitrogen and oxygen atoms in total. The number of rotatable bonds is 3. The molecule has 13 heavy (non-hydrogen) atoms. The van der Waals surface area contributed by atoms with E-state index in [1.165, 1.54) is 0 Å². The van der Waals surface area contributed by atoms with Gasteiger partial charge in [-0.05, 0) is 20.4 Å². The van der Waals surface area contributed by atoms with Crippen LogP contribution in [0.2, 0.25) is 0 Å². The average molecular weight is 203 g/mol. The van der Waals surface area contributed by atoms with Crippen LogP contribution in [0, 0.1) is 0 Å². The molecule has 1 rings (SSSR count). The van der Waals surface area contributed by atoms with Crippen LogP contribution in [0.3, 0.4) is 0 Å². The minimum absolute atomic E-state index is 0.365. The average Bonchev–Trinajstić information content (AvgIpc) is 2.49. The molecular weight excluding hydrogens is 186 g/mol. The van der Waals surface area contributed by atoms with Gasteiger partial charge >= 0.3 is 5.97 Å². The Labute approximate surface area is 83.5 Å². The summed E-state index contributed by atoms with van der Waals surface area (Å²) in [6.45, 7) is 3.94. The third-order valence-electron chi connectivity index (χ3n) is 2.72. The highest BCUT2D eigenvalue weighted by atomic mass is 32.2. The Hall–Kier alpha value is -0.220. The first-order valence-corrected chi connectivity index (χ1v) is 5.63. The molecular formula is C9H17NO2S. The van der Waals surface area contributed by atoms with E-state index in [4.69, 9.17) is 5.11 Å². The fourth-order valence-corrected chi connectivity index (χ4v) is 2.85. The smallest absolute Gasteiger partial charge is 0.320 e. The van der Waals surface area contributed by atoms with Gasteiger partial charge in [0.2, 0.25) is 0 Å². The second-order valence-corrected chi connectivity index (χ2v) is 5.18. The Bertz CT molecular complexity index is 198. The van der Waals surface area contributed by atoms with Crippen molar-refractivity contribution >= 4 is 17.7 Å². The molecule has 1 saturated heterocycles. The predicted molar refractivity (Wildman–Crippen MR) is 55.2 cm³/mol. The number of thioether (sulfide) groups is 1. The zero-order chi connectivity index (χ0) is 10.0. The maximum Gasteiger partial charge on any atom is 0.320 e. The first-order valence-electron chi connectivity index (χ1n) is 4.58. The summed E-state index contributed by atoms with van der Waals surface area (Å²) in [4.78, 5) is 12.7. The minimum atomic E-state index is -0.730. The number of nitrogens with zero attached hydrogens (tertiary/aromatic N) is 1. The van der Waals surface area contributed by atoms with E-state index in [2.05, 4.69) is 6.92 Å². The van der Waals surface area contributed by atoms with E-state index in [1.54, 1.807) is 6.92 Å². The largest absolute Gasteiger partial charge is 0.480 e. The second kappa shape index (κ2) is 4.33. The van der Waals surface area contributed by atoms with Crippen molar-refractivity contribution in [3.8, 4) is 0 Å². The van der Waals surface area contributed by atoms with Crippen LogP contribution in [-0.4, -0.2) is 46.1 Å². The van der Waals surface area contributed by atoms with Gasteiger partial charge in [0, 0.05) is 17.0 Å². The van der Waals surface area contributed by atoms with E-state index >= 15 is 0 Å². The Morgan fingerprint density at radius 3 is 2.69 bits per heavy atom. The lowest BCUT2D eigenvalue weighted by atomic mass is 10.1. The van der Waals surface area contributed by atoms with Crippen LogP contribution >= 0.6 is 11.8 Å². The molecule has 1 fully saturated rings. The Morgan fingerprint density at radius 1 is 1.69 bits per heavy atom. The van der Waals surface area contributed by atoms with E-state index < -0.39 is 5.97 Å². The van der Waals surface area contributed by atoms with Crippen LogP contribution in [0.25, 0.3) is 0 Å². The maximum atomic E-state index is 10.7. The zero-order valence-electron chi connectivity index (χ0n) is 8.36. The Balaban J connectivity index is 2.47. The highest BCUT2D eigenvalue weighted by molar-refractivity contribution is 8.00. The summed E-state index contributed by atoms with van der Waals surface area (Å²) in [5.74, 6) is 0.335. The number of carboxylic acids is 1. The van der Waals surface area contributed by atoms with Crippen molar-refractivity contribution in [1.82, 2.24) is 4.90 Å². The van der Waals surface area contributed by atoms with Crippen molar-refractivity contribution in [1.29, 1.82) is 0 Å². The molecule has 0 aliphatic carbocycles.